The molecular weight excluding hydrogens is 258 g/mol. The summed E-state index contributed by atoms with van der Waals surface area (Å²) in [6, 6.07) is 3.88. The fourth-order valence-electron chi connectivity index (χ4n) is 1.34. The molecule has 0 spiro atoms. The zero-order valence-corrected chi connectivity index (χ0v) is 10.8. The Morgan fingerprint density at radius 1 is 1.27 bits per heavy atom. The van der Waals surface area contributed by atoms with E-state index in [2.05, 4.69) is 15.9 Å². The maximum absolute atomic E-state index is 5.97. The monoisotopic (exact) mass is 273 g/mol. The molecule has 0 saturated carbocycles. The van der Waals surface area contributed by atoms with E-state index in [1.807, 2.05) is 19.1 Å². The first-order valence-electron chi connectivity index (χ1n) is 4.81. The van der Waals surface area contributed by atoms with Crippen LogP contribution < -0.4 is 15.2 Å². The summed E-state index contributed by atoms with van der Waals surface area (Å²) in [5.74, 6) is 1.49. The second-order valence-corrected chi connectivity index (χ2v) is 4.05. The van der Waals surface area contributed by atoms with Crippen LogP contribution >= 0.6 is 15.9 Å². The molecule has 1 aromatic rings. The molecule has 15 heavy (non-hydrogen) atoms. The van der Waals surface area contributed by atoms with E-state index in [-0.39, 0.29) is 6.04 Å². The van der Waals surface area contributed by atoms with Gasteiger partial charge < -0.3 is 15.2 Å². The van der Waals surface area contributed by atoms with Gasteiger partial charge in [0.15, 0.2) is 0 Å². The van der Waals surface area contributed by atoms with Gasteiger partial charge in [0.1, 0.15) is 16.0 Å². The third kappa shape index (κ3) is 2.63. The lowest BCUT2D eigenvalue weighted by Gasteiger charge is -2.14. The lowest BCUT2D eigenvalue weighted by Crippen LogP contribution is -2.09. The number of rotatable bonds is 4. The quantitative estimate of drug-likeness (QED) is 0.918. The molecule has 0 aliphatic heterocycles. The third-order valence-electron chi connectivity index (χ3n) is 2.34. The molecule has 0 amide bonds. The minimum absolute atomic E-state index is 0.0147. The van der Waals surface area contributed by atoms with Gasteiger partial charge in [0.25, 0.3) is 0 Å². The SMILES string of the molecule is CC[C@H](N)c1cc(OC)c(Br)c(OC)c1. The minimum Gasteiger partial charge on any atom is -0.495 e. The highest BCUT2D eigenvalue weighted by Crippen LogP contribution is 2.37. The summed E-state index contributed by atoms with van der Waals surface area (Å²) >= 11 is 3.42. The highest BCUT2D eigenvalue weighted by molar-refractivity contribution is 9.10. The van der Waals surface area contributed by atoms with Crippen molar-refractivity contribution in [2.45, 2.75) is 19.4 Å². The van der Waals surface area contributed by atoms with E-state index in [0.29, 0.717) is 0 Å². The predicted molar refractivity (Wildman–Crippen MR) is 64.5 cm³/mol. The fourth-order valence-corrected chi connectivity index (χ4v) is 1.89. The molecule has 0 radical (unpaired) electrons. The van der Waals surface area contributed by atoms with Crippen LogP contribution in [0.25, 0.3) is 0 Å². The molecule has 0 aliphatic rings. The second kappa shape index (κ2) is 5.37. The highest BCUT2D eigenvalue weighted by Gasteiger charge is 2.12. The van der Waals surface area contributed by atoms with Crippen molar-refractivity contribution in [3.63, 3.8) is 0 Å². The lowest BCUT2D eigenvalue weighted by atomic mass is 10.0. The van der Waals surface area contributed by atoms with Gasteiger partial charge in [-0.2, -0.15) is 0 Å². The Kier molecular flexibility index (Phi) is 4.42. The summed E-state index contributed by atoms with van der Waals surface area (Å²) in [5.41, 5.74) is 6.99. The second-order valence-electron chi connectivity index (χ2n) is 3.25. The van der Waals surface area contributed by atoms with E-state index >= 15 is 0 Å². The van der Waals surface area contributed by atoms with Gasteiger partial charge in [-0.1, -0.05) is 6.92 Å². The minimum atomic E-state index is 0.0147. The summed E-state index contributed by atoms with van der Waals surface area (Å²) in [6.45, 7) is 2.05. The van der Waals surface area contributed by atoms with Gasteiger partial charge in [-0.05, 0) is 40.0 Å². The van der Waals surface area contributed by atoms with Crippen molar-refractivity contribution >= 4 is 15.9 Å². The van der Waals surface area contributed by atoms with Crippen molar-refractivity contribution in [3.8, 4) is 11.5 Å². The van der Waals surface area contributed by atoms with Crippen molar-refractivity contribution in [1.82, 2.24) is 0 Å². The van der Waals surface area contributed by atoms with Crippen molar-refractivity contribution in [2.24, 2.45) is 5.73 Å². The zero-order valence-electron chi connectivity index (χ0n) is 9.21. The topological polar surface area (TPSA) is 44.5 Å². The Bertz CT molecular complexity index is 316. The summed E-state index contributed by atoms with van der Waals surface area (Å²) in [4.78, 5) is 0. The fraction of sp³-hybridized carbons (Fsp3) is 0.455. The first-order valence-corrected chi connectivity index (χ1v) is 5.60. The van der Waals surface area contributed by atoms with Crippen LogP contribution in [0.15, 0.2) is 16.6 Å². The van der Waals surface area contributed by atoms with Crippen LogP contribution in [0.4, 0.5) is 0 Å². The van der Waals surface area contributed by atoms with Gasteiger partial charge in [-0.25, -0.2) is 0 Å². The molecule has 0 unspecified atom stereocenters. The summed E-state index contributed by atoms with van der Waals surface area (Å²) in [5, 5.41) is 0. The van der Waals surface area contributed by atoms with E-state index in [1.165, 1.54) is 0 Å². The molecule has 1 aromatic carbocycles. The number of halogens is 1. The van der Waals surface area contributed by atoms with Gasteiger partial charge in [-0.15, -0.1) is 0 Å². The first kappa shape index (κ1) is 12.3. The average molecular weight is 274 g/mol. The largest absolute Gasteiger partial charge is 0.495 e. The van der Waals surface area contributed by atoms with E-state index in [4.69, 9.17) is 15.2 Å². The molecule has 1 atom stereocenters. The van der Waals surface area contributed by atoms with Crippen LogP contribution in [0.2, 0.25) is 0 Å². The Labute approximate surface area is 98.7 Å². The molecule has 0 bridgehead atoms. The van der Waals surface area contributed by atoms with Crippen LogP contribution in [-0.4, -0.2) is 14.2 Å². The summed E-state index contributed by atoms with van der Waals surface area (Å²) < 4.78 is 11.3. The molecule has 0 aliphatic carbocycles. The normalized spacial score (nSPS) is 12.3. The van der Waals surface area contributed by atoms with Gasteiger partial charge in [0.2, 0.25) is 0 Å². The third-order valence-corrected chi connectivity index (χ3v) is 3.12. The Hall–Kier alpha value is -0.740. The standard InChI is InChI=1S/C11H16BrNO2/c1-4-8(13)7-5-9(14-2)11(12)10(6-7)15-3/h5-6,8H,4,13H2,1-3H3/t8-/m0/s1. The summed E-state index contributed by atoms with van der Waals surface area (Å²) in [6.07, 6.45) is 0.883. The van der Waals surface area contributed by atoms with Crippen LogP contribution in [-0.2, 0) is 0 Å². The maximum Gasteiger partial charge on any atom is 0.137 e. The zero-order chi connectivity index (χ0) is 11.4. The molecule has 0 aromatic heterocycles. The number of ether oxygens (including phenoxy) is 2. The van der Waals surface area contributed by atoms with E-state index in [1.54, 1.807) is 14.2 Å². The number of methoxy groups -OCH3 is 2. The molecule has 0 fully saturated rings. The molecular formula is C11H16BrNO2. The van der Waals surface area contributed by atoms with Crippen molar-refractivity contribution < 1.29 is 9.47 Å². The van der Waals surface area contributed by atoms with Crippen molar-refractivity contribution in [3.05, 3.63) is 22.2 Å². The molecule has 3 nitrogen and oxygen atoms in total. The Balaban J connectivity index is 3.20. The first-order chi connectivity index (χ1) is 7.13. The van der Waals surface area contributed by atoms with Gasteiger partial charge in [0.05, 0.1) is 14.2 Å². The van der Waals surface area contributed by atoms with Crippen LogP contribution in [0.3, 0.4) is 0 Å². The van der Waals surface area contributed by atoms with Gasteiger partial charge in [-0.3, -0.25) is 0 Å². The van der Waals surface area contributed by atoms with Crippen molar-refractivity contribution in [1.29, 1.82) is 0 Å². The number of nitrogens with two attached hydrogens (primary N) is 1. The van der Waals surface area contributed by atoms with Crippen LogP contribution in [0.1, 0.15) is 24.9 Å². The smallest absolute Gasteiger partial charge is 0.137 e. The Morgan fingerprint density at radius 3 is 2.07 bits per heavy atom. The molecule has 0 heterocycles. The average Bonchev–Trinajstić information content (AvgIpc) is 2.28. The molecule has 2 N–H and O–H groups in total. The molecule has 1 rings (SSSR count). The molecule has 4 heteroatoms. The van der Waals surface area contributed by atoms with E-state index in [9.17, 15) is 0 Å². The number of hydrogen-bond acceptors (Lipinski definition) is 3. The van der Waals surface area contributed by atoms with Crippen molar-refractivity contribution in [2.75, 3.05) is 14.2 Å². The highest BCUT2D eigenvalue weighted by atomic mass is 79.9. The lowest BCUT2D eigenvalue weighted by molar-refractivity contribution is 0.387. The number of hydrogen-bond donors (Lipinski definition) is 1. The van der Waals surface area contributed by atoms with Crippen LogP contribution in [0.5, 0.6) is 11.5 Å². The predicted octanol–water partition coefficient (Wildman–Crippen LogP) is 2.88. The maximum atomic E-state index is 5.97. The molecule has 0 saturated heterocycles. The van der Waals surface area contributed by atoms with E-state index in [0.717, 1.165) is 28.0 Å². The summed E-state index contributed by atoms with van der Waals surface area (Å²) in [7, 11) is 3.25. The van der Waals surface area contributed by atoms with E-state index < -0.39 is 0 Å². The number of benzene rings is 1. The van der Waals surface area contributed by atoms with Gasteiger partial charge in [0, 0.05) is 6.04 Å². The van der Waals surface area contributed by atoms with Crippen LogP contribution in [0, 0.1) is 0 Å². The van der Waals surface area contributed by atoms with Gasteiger partial charge >= 0.3 is 0 Å². The molecule has 84 valence electrons. The Morgan fingerprint density at radius 2 is 1.73 bits per heavy atom.